The van der Waals surface area contributed by atoms with Crippen molar-refractivity contribution < 1.29 is 19.0 Å². The summed E-state index contributed by atoms with van der Waals surface area (Å²) in [5, 5.41) is 3.43. The van der Waals surface area contributed by atoms with Gasteiger partial charge in [0, 0.05) is 19.4 Å². The minimum Gasteiger partial charge on any atom is -0.497 e. The zero-order chi connectivity index (χ0) is 18.4. The average molecular weight is 376 g/mol. The number of aryl methyl sites for hydroxylation is 1. The summed E-state index contributed by atoms with van der Waals surface area (Å²) in [6, 6.07) is 11.4. The highest BCUT2D eigenvalue weighted by Crippen LogP contribution is 2.37. The first kappa shape index (κ1) is 18.4. The lowest BCUT2D eigenvalue weighted by molar-refractivity contribution is -0.121. The number of rotatable bonds is 6. The van der Waals surface area contributed by atoms with Crippen LogP contribution in [0.15, 0.2) is 36.4 Å². The molecule has 1 N–H and O–H groups in total. The van der Waals surface area contributed by atoms with E-state index in [0.717, 1.165) is 23.3 Å². The van der Waals surface area contributed by atoms with E-state index in [1.807, 2.05) is 30.3 Å². The molecule has 5 nitrogen and oxygen atoms in total. The van der Waals surface area contributed by atoms with Crippen LogP contribution in [0.25, 0.3) is 0 Å². The Kier molecular flexibility index (Phi) is 6.23. The number of methoxy groups -OCH3 is 1. The lowest BCUT2D eigenvalue weighted by atomic mass is 10.1. The number of fused-ring (bicyclic) bond motifs is 1. The van der Waals surface area contributed by atoms with Gasteiger partial charge in [0.1, 0.15) is 5.75 Å². The Bertz CT molecular complexity index is 778. The molecule has 0 radical (unpaired) electrons. The van der Waals surface area contributed by atoms with Crippen molar-refractivity contribution in [2.75, 3.05) is 20.3 Å². The highest BCUT2D eigenvalue weighted by Gasteiger charge is 2.15. The van der Waals surface area contributed by atoms with Crippen LogP contribution in [0, 0.1) is 0 Å². The van der Waals surface area contributed by atoms with Crippen LogP contribution < -0.4 is 19.5 Å². The van der Waals surface area contributed by atoms with Gasteiger partial charge in [-0.25, -0.2) is 0 Å². The van der Waals surface area contributed by atoms with E-state index in [2.05, 4.69) is 5.32 Å². The van der Waals surface area contributed by atoms with Crippen LogP contribution in [0.1, 0.15) is 24.0 Å². The van der Waals surface area contributed by atoms with Gasteiger partial charge in [0.15, 0.2) is 11.5 Å². The lowest BCUT2D eigenvalue weighted by Crippen LogP contribution is -2.23. The topological polar surface area (TPSA) is 56.8 Å². The van der Waals surface area contributed by atoms with Gasteiger partial charge in [0.25, 0.3) is 0 Å². The molecule has 1 aliphatic rings. The van der Waals surface area contributed by atoms with Crippen LogP contribution in [0.3, 0.4) is 0 Å². The molecule has 0 spiro atoms. The van der Waals surface area contributed by atoms with Gasteiger partial charge >= 0.3 is 0 Å². The monoisotopic (exact) mass is 375 g/mol. The molecule has 138 valence electrons. The smallest absolute Gasteiger partial charge is 0.220 e. The fourth-order valence-electron chi connectivity index (χ4n) is 2.76. The zero-order valence-corrected chi connectivity index (χ0v) is 15.5. The van der Waals surface area contributed by atoms with Crippen LogP contribution in [0.2, 0.25) is 5.02 Å². The van der Waals surface area contributed by atoms with E-state index in [9.17, 15) is 4.79 Å². The predicted octanol–water partition coefficient (Wildman–Crippen LogP) is 3.76. The largest absolute Gasteiger partial charge is 0.497 e. The predicted molar refractivity (Wildman–Crippen MR) is 100 cm³/mol. The second kappa shape index (κ2) is 8.81. The molecular weight excluding hydrogens is 354 g/mol. The zero-order valence-electron chi connectivity index (χ0n) is 14.7. The van der Waals surface area contributed by atoms with Crippen molar-refractivity contribution in [3.63, 3.8) is 0 Å². The summed E-state index contributed by atoms with van der Waals surface area (Å²) in [5.41, 5.74) is 1.95. The Labute approximate surface area is 158 Å². The van der Waals surface area contributed by atoms with Gasteiger partial charge in [-0.1, -0.05) is 23.7 Å². The summed E-state index contributed by atoms with van der Waals surface area (Å²) >= 11 is 6.28. The number of nitrogens with one attached hydrogen (secondary N) is 1. The van der Waals surface area contributed by atoms with Crippen molar-refractivity contribution in [3.05, 3.63) is 52.5 Å². The number of hydrogen-bond donors (Lipinski definition) is 1. The molecule has 6 heteroatoms. The highest BCUT2D eigenvalue weighted by molar-refractivity contribution is 6.32. The fourth-order valence-corrected chi connectivity index (χ4v) is 3.05. The highest BCUT2D eigenvalue weighted by atomic mass is 35.5. The number of carbonyl (C=O) groups excluding carboxylic acids is 1. The molecule has 2 aromatic carbocycles. The minimum atomic E-state index is -0.0175. The number of amides is 1. The van der Waals surface area contributed by atoms with Gasteiger partial charge in [0.2, 0.25) is 5.91 Å². The standard InChI is InChI=1S/C20H22ClNO4/c1-24-16-5-2-4-14(10-16)6-7-19(23)22-13-15-11-17(21)20-18(12-15)25-8-3-9-26-20/h2,4-5,10-12H,3,6-9,13H2,1H3,(H,22,23). The van der Waals surface area contributed by atoms with Crippen molar-refractivity contribution in [1.82, 2.24) is 5.32 Å². The van der Waals surface area contributed by atoms with E-state index in [0.29, 0.717) is 49.1 Å². The van der Waals surface area contributed by atoms with E-state index in [4.69, 9.17) is 25.8 Å². The van der Waals surface area contributed by atoms with Crippen molar-refractivity contribution in [3.8, 4) is 17.2 Å². The second-order valence-electron chi connectivity index (χ2n) is 6.08. The van der Waals surface area contributed by atoms with Gasteiger partial charge in [-0.2, -0.15) is 0 Å². The molecule has 1 aliphatic heterocycles. The maximum absolute atomic E-state index is 12.1. The number of benzene rings is 2. The van der Waals surface area contributed by atoms with Crippen molar-refractivity contribution >= 4 is 17.5 Å². The first-order chi connectivity index (χ1) is 12.7. The molecule has 3 rings (SSSR count). The Balaban J connectivity index is 1.54. The number of ether oxygens (including phenoxy) is 3. The van der Waals surface area contributed by atoms with E-state index in [1.54, 1.807) is 13.2 Å². The first-order valence-corrected chi connectivity index (χ1v) is 9.01. The van der Waals surface area contributed by atoms with E-state index in [1.165, 1.54) is 0 Å². The van der Waals surface area contributed by atoms with Gasteiger partial charge in [-0.05, 0) is 41.8 Å². The summed E-state index contributed by atoms with van der Waals surface area (Å²) in [4.78, 5) is 12.1. The molecule has 0 aliphatic carbocycles. The summed E-state index contributed by atoms with van der Waals surface area (Å²) in [6.45, 7) is 1.58. The molecular formula is C20H22ClNO4. The van der Waals surface area contributed by atoms with Crippen molar-refractivity contribution in [2.45, 2.75) is 25.8 Å². The van der Waals surface area contributed by atoms with Gasteiger partial charge in [0.05, 0.1) is 25.3 Å². The van der Waals surface area contributed by atoms with Crippen LogP contribution in [0.4, 0.5) is 0 Å². The normalized spacial score (nSPS) is 13.0. The number of halogens is 1. The Morgan fingerprint density at radius 2 is 2.04 bits per heavy atom. The molecule has 0 saturated carbocycles. The van der Waals surface area contributed by atoms with Crippen molar-refractivity contribution in [1.29, 1.82) is 0 Å². The van der Waals surface area contributed by atoms with E-state index < -0.39 is 0 Å². The molecule has 0 saturated heterocycles. The van der Waals surface area contributed by atoms with E-state index >= 15 is 0 Å². The third-order valence-corrected chi connectivity index (χ3v) is 4.41. The van der Waals surface area contributed by atoms with Gasteiger partial charge in [-0.15, -0.1) is 0 Å². The minimum absolute atomic E-state index is 0.0175. The maximum atomic E-state index is 12.1. The quantitative estimate of drug-likeness (QED) is 0.835. The lowest BCUT2D eigenvalue weighted by Gasteiger charge is -2.12. The third kappa shape index (κ3) is 4.82. The molecule has 0 fully saturated rings. The molecule has 1 heterocycles. The number of hydrogen-bond acceptors (Lipinski definition) is 4. The molecule has 0 aromatic heterocycles. The Hall–Kier alpha value is -2.40. The fraction of sp³-hybridized carbons (Fsp3) is 0.350. The van der Waals surface area contributed by atoms with Crippen LogP contribution in [-0.2, 0) is 17.8 Å². The van der Waals surface area contributed by atoms with Crippen LogP contribution in [-0.4, -0.2) is 26.2 Å². The summed E-state index contributed by atoms with van der Waals surface area (Å²) in [6.07, 6.45) is 1.89. The van der Waals surface area contributed by atoms with Gasteiger partial charge < -0.3 is 19.5 Å². The molecule has 2 aromatic rings. The average Bonchev–Trinajstić information content (AvgIpc) is 2.91. The molecule has 0 bridgehead atoms. The molecule has 1 amide bonds. The molecule has 26 heavy (non-hydrogen) atoms. The summed E-state index contributed by atoms with van der Waals surface area (Å²) in [5.74, 6) is 1.99. The Morgan fingerprint density at radius 3 is 2.88 bits per heavy atom. The summed E-state index contributed by atoms with van der Waals surface area (Å²) in [7, 11) is 1.63. The molecule has 0 atom stereocenters. The molecule has 0 unspecified atom stereocenters. The van der Waals surface area contributed by atoms with Crippen LogP contribution in [0.5, 0.6) is 17.2 Å². The number of carbonyl (C=O) groups is 1. The first-order valence-electron chi connectivity index (χ1n) is 8.63. The van der Waals surface area contributed by atoms with E-state index in [-0.39, 0.29) is 5.91 Å². The second-order valence-corrected chi connectivity index (χ2v) is 6.49. The summed E-state index contributed by atoms with van der Waals surface area (Å²) < 4.78 is 16.5. The maximum Gasteiger partial charge on any atom is 0.220 e. The van der Waals surface area contributed by atoms with Crippen molar-refractivity contribution in [2.24, 2.45) is 0 Å². The SMILES string of the molecule is COc1cccc(CCC(=O)NCc2cc(Cl)c3c(c2)OCCCO3)c1. The van der Waals surface area contributed by atoms with Crippen LogP contribution >= 0.6 is 11.6 Å². The van der Waals surface area contributed by atoms with Gasteiger partial charge in [-0.3, -0.25) is 4.79 Å². The Morgan fingerprint density at radius 1 is 1.19 bits per heavy atom. The third-order valence-electron chi connectivity index (χ3n) is 4.13.